The molecule has 0 saturated carbocycles. The van der Waals surface area contributed by atoms with Gasteiger partial charge in [-0.1, -0.05) is 0 Å². The lowest BCUT2D eigenvalue weighted by atomic mass is 9.95. The first-order valence-corrected chi connectivity index (χ1v) is 21.4. The highest BCUT2D eigenvalue weighted by molar-refractivity contribution is 7.80. The van der Waals surface area contributed by atoms with Gasteiger partial charge in [0, 0.05) is 13.8 Å². The Kier molecular flexibility index (Phi) is 20.5. The number of amides is 2. The minimum absolute atomic E-state index is 0.734. The zero-order valence-corrected chi connectivity index (χ0v) is 35.6. The number of ether oxygens (including phenoxy) is 8. The molecule has 0 aromatic rings. The van der Waals surface area contributed by atoms with E-state index in [2.05, 4.69) is 14.8 Å². The van der Waals surface area contributed by atoms with Gasteiger partial charge < -0.3 is 120 Å². The number of carbonyl (C=O) groups is 2. The van der Waals surface area contributed by atoms with Crippen LogP contribution in [0.15, 0.2) is 0 Å². The number of hydrogen-bond donors (Lipinski definition) is 17. The van der Waals surface area contributed by atoms with Crippen LogP contribution >= 0.6 is 0 Å². The zero-order chi connectivity index (χ0) is 48.8. The van der Waals surface area contributed by atoms with Gasteiger partial charge in [0.15, 0.2) is 25.2 Å². The molecule has 0 bridgehead atoms. The first-order valence-electron chi connectivity index (χ1n) is 20.0. The van der Waals surface area contributed by atoms with Gasteiger partial charge in [0.05, 0.1) is 45.2 Å². The number of rotatable bonds is 20. The highest BCUT2D eigenvalue weighted by Gasteiger charge is 2.56. The molecule has 4 aliphatic heterocycles. The van der Waals surface area contributed by atoms with Crippen molar-refractivity contribution in [2.45, 2.75) is 168 Å². The number of aliphatic hydroxyl groups excluding tert-OH is 14. The van der Waals surface area contributed by atoms with Crippen LogP contribution < -0.4 is 10.6 Å². The summed E-state index contributed by atoms with van der Waals surface area (Å²) in [6.07, 6.45) is -44.2. The lowest BCUT2D eigenvalue weighted by molar-refractivity contribution is -0.396. The third-order valence-electron chi connectivity index (χ3n) is 10.9. The SMILES string of the molecule is CC(=O)N[C@H]1[C@H](OC[C@@H](O)[C@H](O)[C@H](O[C@@H]2O[C@H](CO)[C@H](O)[C@H](O[C@@H]3O[C@H](CO)[C@H](O)[C@H](OS(=O)(=O)O)[C@H]3O)[C@H]2O[C@@H]2O[C@@H](C)[C@@H](O)[C@@H](O)[C@@H]2O)[C@H](CO)NC(C)=O)O[C@H](CO)[C@@H](O)[C@@H]1O. The molecule has 0 aromatic carbocycles. The monoisotopic (exact) mass is 976 g/mol. The zero-order valence-electron chi connectivity index (χ0n) is 34.8. The van der Waals surface area contributed by atoms with Crippen LogP contribution in [0.2, 0.25) is 0 Å². The Bertz CT molecular complexity index is 1620. The first-order chi connectivity index (χ1) is 30.4. The molecule has 4 saturated heterocycles. The number of carbonyl (C=O) groups excluding carboxylic acids is 2. The second-order valence-corrected chi connectivity index (χ2v) is 16.8. The van der Waals surface area contributed by atoms with Crippen molar-refractivity contribution < 1.29 is 136 Å². The lowest BCUT2D eigenvalue weighted by Gasteiger charge is -2.50. The van der Waals surface area contributed by atoms with Crippen LogP contribution in [0.3, 0.4) is 0 Å². The standard InChI is InChI=1S/C34H60N2O28S/c1-9-18(44)24(50)25(51)32(57-9)63-30-29(62-33-26(52)28(64-65(53,54)55)21(47)15(6-39)59-33)22(48)16(7-40)60-34(30)61-27(12(4-37)35-10(2)41)19(45)13(43)8-56-31-17(36-11(3)42)23(49)20(46)14(5-38)58-31/h9,12-34,37-40,43-52H,4-8H2,1-3H3,(H,35,41)(H,36,42)(H,53,54,55)/t9-,12-,13+,14+,15+,16+,17+,18+,19-,20+,21-,22-,23+,24+,25-,26+,27+,28-,29-,30+,31+,32-,33-,34-/m0/s1. The maximum Gasteiger partial charge on any atom is 0.397 e. The first kappa shape index (κ1) is 55.5. The van der Waals surface area contributed by atoms with Crippen molar-refractivity contribution >= 4 is 22.2 Å². The topological polar surface area (TPSA) is 479 Å². The molecule has 0 spiro atoms. The summed E-state index contributed by atoms with van der Waals surface area (Å²) in [4.78, 5) is 24.2. The summed E-state index contributed by atoms with van der Waals surface area (Å²) >= 11 is 0. The van der Waals surface area contributed by atoms with Gasteiger partial charge in [0.1, 0.15) is 110 Å². The summed E-state index contributed by atoms with van der Waals surface area (Å²) in [5.41, 5.74) is 0. The number of aliphatic hydroxyl groups is 14. The highest BCUT2D eigenvalue weighted by atomic mass is 32.3. The molecule has 2 amide bonds. The van der Waals surface area contributed by atoms with Gasteiger partial charge in [0.25, 0.3) is 0 Å². The predicted molar refractivity (Wildman–Crippen MR) is 201 cm³/mol. The van der Waals surface area contributed by atoms with Gasteiger partial charge in [-0.05, 0) is 6.92 Å². The minimum Gasteiger partial charge on any atom is -0.394 e. The van der Waals surface area contributed by atoms with Crippen molar-refractivity contribution in [2.24, 2.45) is 0 Å². The Morgan fingerprint density at radius 3 is 1.69 bits per heavy atom. The maximum atomic E-state index is 12.3. The highest BCUT2D eigenvalue weighted by Crippen LogP contribution is 2.36. The van der Waals surface area contributed by atoms with E-state index < -0.39 is 202 Å². The van der Waals surface area contributed by atoms with E-state index in [4.69, 9.17) is 37.9 Å². The van der Waals surface area contributed by atoms with Crippen molar-refractivity contribution in [1.82, 2.24) is 10.6 Å². The molecule has 0 aromatic heterocycles. The number of nitrogens with one attached hydrogen (secondary N) is 2. The Hall–Kier alpha value is -2.07. The van der Waals surface area contributed by atoms with E-state index in [-0.39, 0.29) is 0 Å². The normalized spacial score (nSPS) is 42.4. The van der Waals surface area contributed by atoms with Gasteiger partial charge in [-0.25, -0.2) is 4.18 Å². The summed E-state index contributed by atoms with van der Waals surface area (Å²) in [5.74, 6) is -1.60. The molecule has 4 heterocycles. The summed E-state index contributed by atoms with van der Waals surface area (Å²) < 4.78 is 82.6. The molecule has 0 unspecified atom stereocenters. The lowest BCUT2D eigenvalue weighted by Crippen LogP contribution is -2.68. The third-order valence-corrected chi connectivity index (χ3v) is 11.4. The predicted octanol–water partition coefficient (Wildman–Crippen LogP) is -11.1. The van der Waals surface area contributed by atoms with Crippen LogP contribution in [0.25, 0.3) is 0 Å². The molecule has 17 N–H and O–H groups in total. The maximum absolute atomic E-state index is 12.3. The van der Waals surface area contributed by atoms with Crippen molar-refractivity contribution in [3.8, 4) is 0 Å². The Morgan fingerprint density at radius 1 is 0.631 bits per heavy atom. The average Bonchev–Trinajstić information content (AvgIpc) is 3.24. The van der Waals surface area contributed by atoms with Crippen molar-refractivity contribution in [2.75, 3.05) is 33.0 Å². The fourth-order valence-corrected chi connectivity index (χ4v) is 8.00. The summed E-state index contributed by atoms with van der Waals surface area (Å²) in [6, 6.07) is -3.26. The molecule has 30 nitrogen and oxygen atoms in total. The van der Waals surface area contributed by atoms with E-state index in [1.54, 1.807) is 0 Å². The van der Waals surface area contributed by atoms with Crippen LogP contribution in [0, 0.1) is 0 Å². The summed E-state index contributed by atoms with van der Waals surface area (Å²) in [6.45, 7) is -1.90. The van der Waals surface area contributed by atoms with Crippen molar-refractivity contribution in [3.05, 3.63) is 0 Å². The Morgan fingerprint density at radius 2 is 1.15 bits per heavy atom. The largest absolute Gasteiger partial charge is 0.397 e. The van der Waals surface area contributed by atoms with E-state index in [0.717, 1.165) is 13.8 Å². The smallest absolute Gasteiger partial charge is 0.394 e. The molecule has 31 heteroatoms. The second kappa shape index (κ2) is 24.0. The van der Waals surface area contributed by atoms with Gasteiger partial charge in [-0.2, -0.15) is 8.42 Å². The Labute approximate surface area is 369 Å². The summed E-state index contributed by atoms with van der Waals surface area (Å²) in [5, 5.41) is 154. The molecule has 4 rings (SSSR count). The molecule has 380 valence electrons. The van der Waals surface area contributed by atoms with Gasteiger partial charge in [-0.3, -0.25) is 14.1 Å². The number of hydrogen-bond acceptors (Lipinski definition) is 27. The van der Waals surface area contributed by atoms with Crippen LogP contribution in [0.1, 0.15) is 20.8 Å². The van der Waals surface area contributed by atoms with Crippen LogP contribution in [-0.2, 0) is 62.1 Å². The molecule has 0 aliphatic carbocycles. The van der Waals surface area contributed by atoms with E-state index in [9.17, 15) is 94.1 Å². The van der Waals surface area contributed by atoms with Gasteiger partial charge >= 0.3 is 10.4 Å². The average molecular weight is 977 g/mol. The van der Waals surface area contributed by atoms with Crippen LogP contribution in [-0.4, -0.2) is 276 Å². The Balaban J connectivity index is 1.75. The van der Waals surface area contributed by atoms with Crippen LogP contribution in [0.4, 0.5) is 0 Å². The minimum atomic E-state index is -5.44. The third kappa shape index (κ3) is 13.6. The van der Waals surface area contributed by atoms with E-state index in [1.165, 1.54) is 6.92 Å². The van der Waals surface area contributed by atoms with E-state index >= 15 is 0 Å². The molecule has 4 aliphatic rings. The van der Waals surface area contributed by atoms with Crippen LogP contribution in [0.5, 0.6) is 0 Å². The van der Waals surface area contributed by atoms with Crippen molar-refractivity contribution in [3.63, 3.8) is 0 Å². The molecule has 24 atom stereocenters. The van der Waals surface area contributed by atoms with Gasteiger partial charge in [-0.15, -0.1) is 0 Å². The molecular weight excluding hydrogens is 916 g/mol. The van der Waals surface area contributed by atoms with E-state index in [0.29, 0.717) is 0 Å². The summed E-state index contributed by atoms with van der Waals surface area (Å²) in [7, 11) is -5.44. The van der Waals surface area contributed by atoms with E-state index in [1.807, 2.05) is 0 Å². The fraction of sp³-hybridized carbons (Fsp3) is 0.941. The quantitative estimate of drug-likeness (QED) is 0.0504. The molecular formula is C34H60N2O28S. The molecule has 4 fully saturated rings. The van der Waals surface area contributed by atoms with Crippen molar-refractivity contribution in [1.29, 1.82) is 0 Å². The fourth-order valence-electron chi connectivity index (χ4n) is 7.49. The molecule has 0 radical (unpaired) electrons. The van der Waals surface area contributed by atoms with Gasteiger partial charge in [0.2, 0.25) is 11.8 Å². The molecule has 65 heavy (non-hydrogen) atoms. The second-order valence-electron chi connectivity index (χ2n) is 15.7.